The van der Waals surface area contributed by atoms with Crippen molar-refractivity contribution >= 4 is 17.7 Å². The monoisotopic (exact) mass is 262 g/mol. The second-order valence-electron chi connectivity index (χ2n) is 3.69. The van der Waals surface area contributed by atoms with Crippen LogP contribution in [0.15, 0.2) is 18.2 Å². The van der Waals surface area contributed by atoms with Crippen LogP contribution >= 0.6 is 0 Å². The van der Waals surface area contributed by atoms with Crippen LogP contribution in [0.2, 0.25) is 0 Å². The number of nitrogens with one attached hydrogen (secondary N) is 1. The Balaban J connectivity index is 2.83. The van der Waals surface area contributed by atoms with Crippen LogP contribution in [0.25, 0.3) is 0 Å². The fraction of sp³-hybridized carbons (Fsp3) is 0.231. The van der Waals surface area contributed by atoms with Crippen LogP contribution in [-0.2, 0) is 0 Å². The topological polar surface area (TPSA) is 89.9 Å². The van der Waals surface area contributed by atoms with Gasteiger partial charge in [0.1, 0.15) is 11.3 Å². The minimum absolute atomic E-state index is 0.168. The molecule has 0 fully saturated rings. The number of nitrogens with zero attached hydrogens (tertiary/aromatic N) is 1. The first-order valence-electron chi connectivity index (χ1n) is 5.55. The molecular weight excluding hydrogens is 248 g/mol. The quantitative estimate of drug-likeness (QED) is 0.718. The first-order chi connectivity index (χ1) is 8.99. The molecule has 0 aliphatic carbocycles. The van der Waals surface area contributed by atoms with E-state index in [1.165, 1.54) is 23.1 Å². The van der Waals surface area contributed by atoms with Gasteiger partial charge in [-0.05, 0) is 19.1 Å². The molecule has 0 aromatic heterocycles. The third-order valence-electron chi connectivity index (χ3n) is 2.43. The molecule has 0 atom stereocenters. The van der Waals surface area contributed by atoms with Crippen molar-refractivity contribution in [2.24, 2.45) is 0 Å². The number of hydrogen-bond donors (Lipinski definition) is 3. The van der Waals surface area contributed by atoms with Crippen LogP contribution in [0.4, 0.5) is 10.5 Å². The van der Waals surface area contributed by atoms with Crippen molar-refractivity contribution in [2.45, 2.75) is 6.92 Å². The van der Waals surface area contributed by atoms with Crippen LogP contribution in [0.5, 0.6) is 5.75 Å². The van der Waals surface area contributed by atoms with E-state index in [0.29, 0.717) is 12.2 Å². The summed E-state index contributed by atoms with van der Waals surface area (Å²) in [5.41, 5.74) is 0.0666. The van der Waals surface area contributed by atoms with Crippen molar-refractivity contribution in [1.29, 1.82) is 0 Å². The van der Waals surface area contributed by atoms with Gasteiger partial charge in [-0.2, -0.15) is 0 Å². The Morgan fingerprint density at radius 2 is 2.16 bits per heavy atom. The molecule has 0 aliphatic rings. The van der Waals surface area contributed by atoms with Gasteiger partial charge in [0.15, 0.2) is 0 Å². The summed E-state index contributed by atoms with van der Waals surface area (Å²) >= 11 is 0. The molecule has 6 heteroatoms. The number of terminal acetylenes is 1. The van der Waals surface area contributed by atoms with E-state index in [1.807, 2.05) is 0 Å². The minimum atomic E-state index is -1.24. The molecule has 6 nitrogen and oxygen atoms in total. The zero-order valence-electron chi connectivity index (χ0n) is 10.4. The molecular formula is C13H14N2O4. The molecule has 2 amide bonds. The fourth-order valence-corrected chi connectivity index (χ4v) is 1.43. The maximum atomic E-state index is 11.8. The molecule has 0 saturated heterocycles. The number of carboxylic acid groups (broad SMARTS) is 1. The molecule has 0 saturated carbocycles. The normalized spacial score (nSPS) is 9.47. The van der Waals surface area contributed by atoms with E-state index >= 15 is 0 Å². The number of anilines is 1. The maximum absolute atomic E-state index is 11.8. The first kappa shape index (κ1) is 14.4. The zero-order valence-corrected chi connectivity index (χ0v) is 10.4. The highest BCUT2D eigenvalue weighted by molar-refractivity contribution is 5.94. The number of urea groups is 1. The van der Waals surface area contributed by atoms with Gasteiger partial charge in [-0.3, -0.25) is 0 Å². The Morgan fingerprint density at radius 1 is 1.47 bits per heavy atom. The summed E-state index contributed by atoms with van der Waals surface area (Å²) in [6.45, 7) is 2.39. The van der Waals surface area contributed by atoms with E-state index in [-0.39, 0.29) is 12.1 Å². The van der Waals surface area contributed by atoms with Gasteiger partial charge in [0.05, 0.1) is 6.54 Å². The number of rotatable bonds is 4. The lowest BCUT2D eigenvalue weighted by molar-refractivity contribution is 0.0694. The Hall–Kier alpha value is -2.68. The average molecular weight is 262 g/mol. The summed E-state index contributed by atoms with van der Waals surface area (Å²) in [4.78, 5) is 23.9. The molecule has 0 bridgehead atoms. The highest BCUT2D eigenvalue weighted by atomic mass is 16.4. The van der Waals surface area contributed by atoms with Crippen molar-refractivity contribution in [3.8, 4) is 18.1 Å². The van der Waals surface area contributed by atoms with Crippen LogP contribution in [-0.4, -0.2) is 40.2 Å². The molecule has 1 aromatic rings. The van der Waals surface area contributed by atoms with E-state index in [4.69, 9.17) is 11.5 Å². The average Bonchev–Trinajstić information content (AvgIpc) is 2.35. The number of benzene rings is 1. The summed E-state index contributed by atoms with van der Waals surface area (Å²) in [5.74, 6) is 0.709. The molecule has 0 aliphatic heterocycles. The third kappa shape index (κ3) is 3.64. The van der Waals surface area contributed by atoms with E-state index in [1.54, 1.807) is 6.92 Å². The molecule has 19 heavy (non-hydrogen) atoms. The molecule has 0 spiro atoms. The van der Waals surface area contributed by atoms with Gasteiger partial charge in [-0.15, -0.1) is 6.42 Å². The number of aromatic hydroxyl groups is 1. The third-order valence-corrected chi connectivity index (χ3v) is 2.43. The highest BCUT2D eigenvalue weighted by Crippen LogP contribution is 2.22. The molecule has 3 N–H and O–H groups in total. The van der Waals surface area contributed by atoms with Crippen molar-refractivity contribution < 1.29 is 19.8 Å². The lowest BCUT2D eigenvalue weighted by Gasteiger charge is -2.18. The number of aromatic carboxylic acids is 1. The van der Waals surface area contributed by atoms with Gasteiger partial charge in [-0.25, -0.2) is 9.59 Å². The lowest BCUT2D eigenvalue weighted by atomic mass is 10.2. The Bertz CT molecular complexity index is 534. The van der Waals surface area contributed by atoms with Crippen molar-refractivity contribution in [1.82, 2.24) is 4.90 Å². The highest BCUT2D eigenvalue weighted by Gasteiger charge is 2.13. The number of hydrogen-bond acceptors (Lipinski definition) is 3. The Morgan fingerprint density at radius 3 is 2.63 bits per heavy atom. The molecule has 0 heterocycles. The van der Waals surface area contributed by atoms with Gasteiger partial charge in [0.2, 0.25) is 0 Å². The Labute approximate surface area is 110 Å². The standard InChI is InChI=1S/C13H14N2O4/c1-3-7-15(4-2)13(19)14-9-5-6-10(12(17)18)11(16)8-9/h1,5-6,8,16H,4,7H2,2H3,(H,14,19)(H,17,18). The number of amides is 2. The number of phenols is 1. The van der Waals surface area contributed by atoms with E-state index in [2.05, 4.69) is 11.2 Å². The zero-order chi connectivity index (χ0) is 14.4. The van der Waals surface area contributed by atoms with Gasteiger partial charge in [0.25, 0.3) is 0 Å². The minimum Gasteiger partial charge on any atom is -0.507 e. The summed E-state index contributed by atoms with van der Waals surface area (Å²) in [6, 6.07) is 3.36. The van der Waals surface area contributed by atoms with E-state index < -0.39 is 17.7 Å². The van der Waals surface area contributed by atoms with E-state index in [9.17, 15) is 14.7 Å². The van der Waals surface area contributed by atoms with Crippen LogP contribution < -0.4 is 5.32 Å². The van der Waals surface area contributed by atoms with Crippen LogP contribution in [0.3, 0.4) is 0 Å². The molecule has 0 radical (unpaired) electrons. The van der Waals surface area contributed by atoms with Crippen LogP contribution in [0.1, 0.15) is 17.3 Å². The van der Waals surface area contributed by atoms with Gasteiger partial charge < -0.3 is 20.4 Å². The van der Waals surface area contributed by atoms with Crippen molar-refractivity contribution in [3.05, 3.63) is 23.8 Å². The molecule has 1 aromatic carbocycles. The fourth-order valence-electron chi connectivity index (χ4n) is 1.43. The SMILES string of the molecule is C#CCN(CC)C(=O)Nc1ccc(C(=O)O)c(O)c1. The Kier molecular flexibility index (Phi) is 4.77. The smallest absolute Gasteiger partial charge is 0.339 e. The molecule has 0 unspecified atom stereocenters. The molecule has 1 rings (SSSR count). The van der Waals surface area contributed by atoms with E-state index in [0.717, 1.165) is 0 Å². The van der Waals surface area contributed by atoms with Crippen molar-refractivity contribution in [2.75, 3.05) is 18.4 Å². The van der Waals surface area contributed by atoms with Gasteiger partial charge in [0, 0.05) is 18.3 Å². The second kappa shape index (κ2) is 6.31. The molecule has 100 valence electrons. The number of carbonyl (C=O) groups excluding carboxylic acids is 1. The number of carboxylic acids is 1. The summed E-state index contributed by atoms with van der Waals surface area (Å²) in [7, 11) is 0. The largest absolute Gasteiger partial charge is 0.507 e. The summed E-state index contributed by atoms with van der Waals surface area (Å²) < 4.78 is 0. The van der Waals surface area contributed by atoms with Crippen molar-refractivity contribution in [3.63, 3.8) is 0 Å². The summed E-state index contributed by atoms with van der Waals surface area (Å²) in [6.07, 6.45) is 5.14. The maximum Gasteiger partial charge on any atom is 0.339 e. The first-order valence-corrected chi connectivity index (χ1v) is 5.55. The van der Waals surface area contributed by atoms with Gasteiger partial charge in [-0.1, -0.05) is 5.92 Å². The van der Waals surface area contributed by atoms with Crippen LogP contribution in [0, 0.1) is 12.3 Å². The lowest BCUT2D eigenvalue weighted by Crippen LogP contribution is -2.35. The summed E-state index contributed by atoms with van der Waals surface area (Å²) in [5, 5.41) is 20.8. The van der Waals surface area contributed by atoms with Gasteiger partial charge >= 0.3 is 12.0 Å². The predicted molar refractivity (Wildman–Crippen MR) is 70.2 cm³/mol. The second-order valence-corrected chi connectivity index (χ2v) is 3.69. The number of carbonyl (C=O) groups is 2. The predicted octanol–water partition coefficient (Wildman–Crippen LogP) is 1.58.